The van der Waals surface area contributed by atoms with Crippen LogP contribution >= 0.6 is 22.4 Å². The second-order valence-corrected chi connectivity index (χ2v) is 12.0. The molecule has 3 rings (SSSR count). The van der Waals surface area contributed by atoms with Crippen LogP contribution in [0.2, 0.25) is 0 Å². The van der Waals surface area contributed by atoms with Crippen molar-refractivity contribution in [1.29, 1.82) is 0 Å². The van der Waals surface area contributed by atoms with Gasteiger partial charge in [0, 0.05) is 0 Å². The van der Waals surface area contributed by atoms with E-state index in [4.69, 9.17) is 20.3 Å². The average Bonchev–Trinajstić information content (AvgIpc) is 3.12. The number of nitrogens with zero attached hydrogens (tertiary/aromatic N) is 3. The summed E-state index contributed by atoms with van der Waals surface area (Å²) in [5.74, 6) is -0.257. The van der Waals surface area contributed by atoms with Crippen molar-refractivity contribution in [2.24, 2.45) is 0 Å². The molecule has 9 N–H and O–H groups in total. The average molecular weight is 539 g/mol. The third-order valence-corrected chi connectivity index (χ3v) is 8.88. The first kappa shape index (κ1) is 25.5. The number of rotatable bonds is 8. The Morgan fingerprint density at radius 2 is 1.88 bits per heavy atom. The van der Waals surface area contributed by atoms with Crippen LogP contribution in [0.4, 0.5) is 5.95 Å². The third-order valence-electron chi connectivity index (χ3n) is 3.88. The van der Waals surface area contributed by atoms with E-state index in [0.29, 0.717) is 0 Å². The van der Waals surface area contributed by atoms with E-state index in [0.717, 1.165) is 10.9 Å². The van der Waals surface area contributed by atoms with Gasteiger partial charge in [0.2, 0.25) is 5.95 Å². The van der Waals surface area contributed by atoms with Gasteiger partial charge in [0.15, 0.2) is 17.4 Å². The van der Waals surface area contributed by atoms with Crippen LogP contribution in [0.25, 0.3) is 11.2 Å². The summed E-state index contributed by atoms with van der Waals surface area (Å²) in [6.07, 6.45) is -5.10. The Hall–Kier alpha value is -1.14. The first-order valence-corrected chi connectivity index (χ1v) is 13.7. The molecule has 1 aliphatic rings. The number of imidazole rings is 1. The second kappa shape index (κ2) is 8.90. The molecule has 0 saturated carbocycles. The molecular formula is C10H16N5O13P3S. The van der Waals surface area contributed by atoms with E-state index >= 15 is 0 Å². The fourth-order valence-corrected chi connectivity index (χ4v) is 7.27. The van der Waals surface area contributed by atoms with Crippen LogP contribution in [0.1, 0.15) is 6.23 Å². The minimum absolute atomic E-state index is 0.0872. The minimum atomic E-state index is -5.36. The number of ether oxygens (including phenoxy) is 1. The lowest BCUT2D eigenvalue weighted by Crippen LogP contribution is -2.33. The van der Waals surface area contributed by atoms with Crippen LogP contribution in [0.5, 0.6) is 0 Å². The van der Waals surface area contributed by atoms with Crippen LogP contribution < -0.4 is 11.3 Å². The van der Waals surface area contributed by atoms with Gasteiger partial charge >= 0.3 is 22.4 Å². The second-order valence-electron chi connectivity index (χ2n) is 6.21. The van der Waals surface area contributed by atoms with Crippen LogP contribution in [0, 0.1) is 0 Å². The monoisotopic (exact) mass is 539 g/mol. The largest absolute Gasteiger partial charge is 0.479 e. The first-order chi connectivity index (χ1) is 14.6. The molecule has 1 saturated heterocycles. The van der Waals surface area contributed by atoms with E-state index in [-0.39, 0.29) is 17.1 Å². The number of phosphoric ester groups is 1. The molecule has 1 aliphatic heterocycles. The minimum Gasteiger partial charge on any atom is -0.387 e. The van der Waals surface area contributed by atoms with E-state index in [9.17, 15) is 33.9 Å². The molecule has 22 heteroatoms. The number of phosphoric acid groups is 2. The van der Waals surface area contributed by atoms with Gasteiger partial charge in [0.05, 0.1) is 12.9 Å². The van der Waals surface area contributed by atoms with E-state index in [1.54, 1.807) is 0 Å². The fourth-order valence-electron chi connectivity index (χ4n) is 2.70. The molecule has 2 aromatic rings. The Morgan fingerprint density at radius 1 is 1.22 bits per heavy atom. The molecule has 6 unspecified atom stereocenters. The maximum absolute atomic E-state index is 11.9. The maximum Gasteiger partial charge on any atom is 0.479 e. The highest BCUT2D eigenvalue weighted by Crippen LogP contribution is 2.66. The standard InChI is InChI=1S/C10H16N5O13P3S/c11-10-13-7-4(8(18)14-10)12-2-15(7)9-6(17)5(16)3(26-9)1-25-30(22,23)28-31(24,32)27-29(19,20)21/h2-3,5-6,9,16-17H,1H2,(H,22,23)(H,24,32)(H2,19,20,21)(H3,11,13,14,18). The Kier molecular flexibility index (Phi) is 7.09. The van der Waals surface area contributed by atoms with Crippen molar-refractivity contribution in [3.8, 4) is 0 Å². The highest BCUT2D eigenvalue weighted by molar-refractivity contribution is 8.09. The molecule has 0 spiro atoms. The molecule has 2 aromatic heterocycles. The molecular weight excluding hydrogens is 523 g/mol. The lowest BCUT2D eigenvalue weighted by molar-refractivity contribution is -0.0502. The maximum atomic E-state index is 11.9. The fraction of sp³-hybridized carbons (Fsp3) is 0.500. The lowest BCUT2D eigenvalue weighted by atomic mass is 10.1. The van der Waals surface area contributed by atoms with Crippen molar-refractivity contribution in [2.45, 2.75) is 24.5 Å². The van der Waals surface area contributed by atoms with Crippen molar-refractivity contribution in [1.82, 2.24) is 19.5 Å². The number of aromatic amines is 1. The van der Waals surface area contributed by atoms with E-state index in [1.807, 2.05) is 0 Å². The summed E-state index contributed by atoms with van der Waals surface area (Å²) in [6, 6.07) is 0. The zero-order chi connectivity index (χ0) is 24.1. The zero-order valence-corrected chi connectivity index (χ0v) is 18.8. The smallest absolute Gasteiger partial charge is 0.387 e. The van der Waals surface area contributed by atoms with Crippen LogP contribution in [-0.4, -0.2) is 74.2 Å². The molecule has 3 heterocycles. The number of hydrogen-bond donors (Lipinski definition) is 8. The topological polar surface area (TPSA) is 282 Å². The molecule has 0 bridgehead atoms. The van der Waals surface area contributed by atoms with Gasteiger partial charge in [-0.1, -0.05) is 0 Å². The molecule has 0 amide bonds. The van der Waals surface area contributed by atoms with Crippen molar-refractivity contribution in [3.05, 3.63) is 16.7 Å². The van der Waals surface area contributed by atoms with Gasteiger partial charge in [-0.2, -0.15) is 4.98 Å². The predicted molar refractivity (Wildman–Crippen MR) is 105 cm³/mol. The Balaban J connectivity index is 1.72. The lowest BCUT2D eigenvalue weighted by Gasteiger charge is -2.20. The Morgan fingerprint density at radius 3 is 2.50 bits per heavy atom. The highest BCUT2D eigenvalue weighted by atomic mass is 32.5. The highest BCUT2D eigenvalue weighted by Gasteiger charge is 2.46. The normalized spacial score (nSPS) is 27.9. The van der Waals surface area contributed by atoms with E-state index in [1.165, 1.54) is 0 Å². The number of nitrogens with one attached hydrogen (secondary N) is 1. The number of H-pyrrole nitrogens is 1. The van der Waals surface area contributed by atoms with Crippen molar-refractivity contribution in [3.63, 3.8) is 0 Å². The van der Waals surface area contributed by atoms with Crippen molar-refractivity contribution < 1.29 is 56.8 Å². The van der Waals surface area contributed by atoms with Crippen LogP contribution in [0.3, 0.4) is 0 Å². The molecule has 6 atom stereocenters. The molecule has 18 nitrogen and oxygen atoms in total. The number of anilines is 1. The van der Waals surface area contributed by atoms with E-state index in [2.05, 4.69) is 39.9 Å². The Labute approximate surface area is 181 Å². The molecule has 32 heavy (non-hydrogen) atoms. The molecule has 0 radical (unpaired) electrons. The predicted octanol–water partition coefficient (Wildman–Crippen LogP) is -2.22. The van der Waals surface area contributed by atoms with Crippen LogP contribution in [-0.2, 0) is 38.8 Å². The summed E-state index contributed by atoms with van der Waals surface area (Å²) in [6.45, 7) is -5.82. The number of hydrogen-bond acceptors (Lipinski definition) is 13. The summed E-state index contributed by atoms with van der Waals surface area (Å²) in [7, 11) is -10.6. The molecule has 0 aliphatic carbocycles. The quantitative estimate of drug-likeness (QED) is 0.165. The number of aliphatic hydroxyl groups is 2. The summed E-state index contributed by atoms with van der Waals surface area (Å²) in [5, 5.41) is 20.5. The number of nitrogen functional groups attached to an aromatic ring is 1. The van der Waals surface area contributed by atoms with Crippen molar-refractivity contribution >= 4 is 51.3 Å². The SMILES string of the molecule is Nc1nc2c(ncn2C2OC(COP(=O)(O)OP(O)(=S)OP(=O)(O)O)C(O)C2O)c(=O)[nH]1. The number of fused-ring (bicyclic) bond motifs is 1. The summed E-state index contributed by atoms with van der Waals surface area (Å²) < 4.78 is 41.5. The summed E-state index contributed by atoms with van der Waals surface area (Å²) in [5.41, 5.74) is 4.59. The van der Waals surface area contributed by atoms with Gasteiger partial charge in [-0.05, 0) is 11.8 Å². The molecule has 1 fully saturated rings. The molecule has 180 valence electrons. The van der Waals surface area contributed by atoms with Gasteiger partial charge in [-0.15, -0.1) is 0 Å². The van der Waals surface area contributed by atoms with Gasteiger partial charge < -0.3 is 40.3 Å². The number of aromatic nitrogens is 4. The third kappa shape index (κ3) is 5.85. The summed E-state index contributed by atoms with van der Waals surface area (Å²) in [4.78, 5) is 58.1. The van der Waals surface area contributed by atoms with E-state index < -0.39 is 59.1 Å². The summed E-state index contributed by atoms with van der Waals surface area (Å²) >= 11 is 4.21. The van der Waals surface area contributed by atoms with Gasteiger partial charge in [-0.25, -0.2) is 22.7 Å². The van der Waals surface area contributed by atoms with Gasteiger partial charge in [-0.3, -0.25) is 18.9 Å². The number of aliphatic hydroxyl groups excluding tert-OH is 2. The first-order valence-electron chi connectivity index (χ1n) is 8.11. The van der Waals surface area contributed by atoms with Crippen LogP contribution in [0.15, 0.2) is 11.1 Å². The number of nitrogens with two attached hydrogens (primary N) is 1. The van der Waals surface area contributed by atoms with Crippen molar-refractivity contribution in [2.75, 3.05) is 12.3 Å². The van der Waals surface area contributed by atoms with Gasteiger partial charge in [0.25, 0.3) is 5.56 Å². The van der Waals surface area contributed by atoms with Gasteiger partial charge in [0.1, 0.15) is 18.3 Å². The zero-order valence-electron chi connectivity index (χ0n) is 15.3. The molecule has 0 aromatic carbocycles. The Bertz CT molecular complexity index is 1210.